The summed E-state index contributed by atoms with van der Waals surface area (Å²) in [6.45, 7) is 3.38. The Bertz CT molecular complexity index is 455. The lowest BCUT2D eigenvalue weighted by molar-refractivity contribution is -0.151. The van der Waals surface area contributed by atoms with Gasteiger partial charge in [0.05, 0.1) is 11.4 Å². The third-order valence-electron chi connectivity index (χ3n) is 2.91. The molecule has 1 fully saturated rings. The van der Waals surface area contributed by atoms with Crippen LogP contribution in [0.1, 0.15) is 24.2 Å². The molecule has 2 rings (SSSR count). The largest absolute Gasteiger partial charge is 0.411 e. The molecule has 0 aromatic carbocycles. The predicted molar refractivity (Wildman–Crippen MR) is 58.2 cm³/mol. The number of rotatable bonds is 2. The first-order chi connectivity index (χ1) is 7.75. The van der Waals surface area contributed by atoms with Crippen LogP contribution in [0.4, 0.5) is 19.0 Å². The Morgan fingerprint density at radius 1 is 1.18 bits per heavy atom. The van der Waals surface area contributed by atoms with Crippen molar-refractivity contribution in [3.8, 4) is 0 Å². The second kappa shape index (κ2) is 3.73. The molecule has 17 heavy (non-hydrogen) atoms. The molecule has 94 valence electrons. The van der Waals surface area contributed by atoms with E-state index in [2.05, 4.69) is 15.3 Å². The summed E-state index contributed by atoms with van der Waals surface area (Å²) in [6.07, 6.45) is -4.21. The highest BCUT2D eigenvalue weighted by Crippen LogP contribution is 2.51. The van der Waals surface area contributed by atoms with Gasteiger partial charge in [0.1, 0.15) is 5.54 Å². The lowest BCUT2D eigenvalue weighted by atomic mass is 10.2. The van der Waals surface area contributed by atoms with Gasteiger partial charge in [-0.2, -0.15) is 13.2 Å². The summed E-state index contributed by atoms with van der Waals surface area (Å²) >= 11 is 5.78. The third-order valence-corrected chi connectivity index (χ3v) is 3.18. The van der Waals surface area contributed by atoms with E-state index in [0.717, 1.165) is 0 Å². The zero-order valence-electron chi connectivity index (χ0n) is 9.32. The van der Waals surface area contributed by atoms with Gasteiger partial charge in [-0.05, 0) is 26.7 Å². The maximum atomic E-state index is 12.7. The molecule has 0 unspecified atom stereocenters. The van der Waals surface area contributed by atoms with E-state index in [1.807, 2.05) is 0 Å². The average Bonchev–Trinajstić information content (AvgIpc) is 2.94. The summed E-state index contributed by atoms with van der Waals surface area (Å²) in [5.74, 6) is 0.00425. The molecule has 1 heterocycles. The summed E-state index contributed by atoms with van der Waals surface area (Å²) in [6, 6.07) is 0. The summed E-state index contributed by atoms with van der Waals surface area (Å²) < 4.78 is 38.2. The van der Waals surface area contributed by atoms with Crippen LogP contribution in [-0.4, -0.2) is 21.7 Å². The molecule has 1 aliphatic rings. The first-order valence-corrected chi connectivity index (χ1v) is 5.49. The maximum absolute atomic E-state index is 12.7. The highest BCUT2D eigenvalue weighted by molar-refractivity contribution is 6.31. The monoisotopic (exact) mass is 265 g/mol. The summed E-state index contributed by atoms with van der Waals surface area (Å²) in [4.78, 5) is 7.95. The van der Waals surface area contributed by atoms with E-state index in [1.165, 1.54) is 0 Å². The minimum atomic E-state index is -4.29. The zero-order valence-corrected chi connectivity index (χ0v) is 10.1. The van der Waals surface area contributed by atoms with Crippen molar-refractivity contribution in [2.45, 2.75) is 38.4 Å². The van der Waals surface area contributed by atoms with Crippen LogP contribution < -0.4 is 5.32 Å². The summed E-state index contributed by atoms with van der Waals surface area (Å²) in [5, 5.41) is 2.35. The Balaban J connectivity index is 2.29. The van der Waals surface area contributed by atoms with Gasteiger partial charge in [-0.1, -0.05) is 11.6 Å². The fourth-order valence-corrected chi connectivity index (χ4v) is 1.70. The van der Waals surface area contributed by atoms with Crippen LogP contribution in [0.15, 0.2) is 0 Å². The van der Waals surface area contributed by atoms with E-state index in [1.54, 1.807) is 13.8 Å². The van der Waals surface area contributed by atoms with E-state index >= 15 is 0 Å². The van der Waals surface area contributed by atoms with Crippen molar-refractivity contribution in [1.82, 2.24) is 9.97 Å². The van der Waals surface area contributed by atoms with Gasteiger partial charge >= 0.3 is 6.18 Å². The minimum absolute atomic E-state index is 0.00425. The number of aromatic nitrogens is 2. The van der Waals surface area contributed by atoms with Crippen molar-refractivity contribution < 1.29 is 13.2 Å². The molecule has 0 spiro atoms. The standard InChI is InChI=1S/C10H11ClF3N3/c1-5-6(2)16-8(7(11)15-5)17-9(3-4-9)10(12,13)14/h3-4H2,1-2H3,(H,16,17). The fourth-order valence-electron chi connectivity index (χ4n) is 1.49. The van der Waals surface area contributed by atoms with Gasteiger partial charge < -0.3 is 5.32 Å². The van der Waals surface area contributed by atoms with Crippen LogP contribution in [-0.2, 0) is 0 Å². The second-order valence-corrected chi connectivity index (χ2v) is 4.60. The number of hydrogen-bond acceptors (Lipinski definition) is 3. The number of anilines is 1. The first kappa shape index (κ1) is 12.4. The Morgan fingerprint density at radius 2 is 1.71 bits per heavy atom. The number of nitrogens with one attached hydrogen (secondary N) is 1. The van der Waals surface area contributed by atoms with E-state index in [-0.39, 0.29) is 23.8 Å². The zero-order chi connectivity index (χ0) is 12.8. The Morgan fingerprint density at radius 3 is 2.18 bits per heavy atom. The summed E-state index contributed by atoms with van der Waals surface area (Å²) in [7, 11) is 0. The number of aryl methyl sites for hydroxylation is 2. The molecule has 1 saturated carbocycles. The highest BCUT2D eigenvalue weighted by Gasteiger charge is 2.64. The molecule has 1 N–H and O–H groups in total. The second-order valence-electron chi connectivity index (χ2n) is 4.24. The van der Waals surface area contributed by atoms with Gasteiger partial charge in [-0.15, -0.1) is 0 Å². The normalized spacial score (nSPS) is 18.0. The van der Waals surface area contributed by atoms with Crippen molar-refractivity contribution in [3.63, 3.8) is 0 Å². The molecule has 1 aromatic rings. The lowest BCUT2D eigenvalue weighted by Crippen LogP contribution is -2.39. The Kier molecular flexibility index (Phi) is 2.72. The Hall–Kier alpha value is -1.04. The van der Waals surface area contributed by atoms with E-state index < -0.39 is 11.7 Å². The molecule has 0 radical (unpaired) electrons. The molecule has 0 bridgehead atoms. The molecule has 3 nitrogen and oxygen atoms in total. The molecule has 0 saturated heterocycles. The predicted octanol–water partition coefficient (Wildman–Crippen LogP) is 3.25. The quantitative estimate of drug-likeness (QED) is 0.892. The molecule has 7 heteroatoms. The SMILES string of the molecule is Cc1nc(Cl)c(NC2(C(F)(F)F)CC2)nc1C. The molecule has 0 atom stereocenters. The first-order valence-electron chi connectivity index (χ1n) is 5.11. The molecular weight excluding hydrogens is 255 g/mol. The topological polar surface area (TPSA) is 37.8 Å². The number of alkyl halides is 3. The average molecular weight is 266 g/mol. The smallest absolute Gasteiger partial charge is 0.354 e. The molecule has 1 aromatic heterocycles. The fraction of sp³-hybridized carbons (Fsp3) is 0.600. The summed E-state index contributed by atoms with van der Waals surface area (Å²) in [5.41, 5.74) is -0.695. The van der Waals surface area contributed by atoms with Crippen molar-refractivity contribution >= 4 is 17.4 Å². The van der Waals surface area contributed by atoms with Gasteiger partial charge in [-0.3, -0.25) is 0 Å². The number of halogens is 4. The van der Waals surface area contributed by atoms with Crippen molar-refractivity contribution in [3.05, 3.63) is 16.5 Å². The highest BCUT2D eigenvalue weighted by atomic mass is 35.5. The van der Waals surface area contributed by atoms with Gasteiger partial charge in [0.15, 0.2) is 11.0 Å². The maximum Gasteiger partial charge on any atom is 0.411 e. The van der Waals surface area contributed by atoms with Gasteiger partial charge in [0.2, 0.25) is 0 Å². The van der Waals surface area contributed by atoms with E-state index in [0.29, 0.717) is 11.4 Å². The van der Waals surface area contributed by atoms with Gasteiger partial charge in [-0.25, -0.2) is 9.97 Å². The minimum Gasteiger partial charge on any atom is -0.354 e. The van der Waals surface area contributed by atoms with Crippen molar-refractivity contribution in [2.75, 3.05) is 5.32 Å². The number of nitrogens with zero attached hydrogens (tertiary/aromatic N) is 2. The molecular formula is C10H11ClF3N3. The van der Waals surface area contributed by atoms with E-state index in [4.69, 9.17) is 11.6 Å². The van der Waals surface area contributed by atoms with Crippen LogP contribution in [0.2, 0.25) is 5.15 Å². The van der Waals surface area contributed by atoms with Gasteiger partial charge in [0, 0.05) is 0 Å². The molecule has 0 amide bonds. The number of hydrogen-bond donors (Lipinski definition) is 1. The van der Waals surface area contributed by atoms with Crippen LogP contribution in [0.5, 0.6) is 0 Å². The lowest BCUT2D eigenvalue weighted by Gasteiger charge is -2.21. The molecule has 1 aliphatic carbocycles. The van der Waals surface area contributed by atoms with Crippen LogP contribution >= 0.6 is 11.6 Å². The van der Waals surface area contributed by atoms with Crippen LogP contribution in [0, 0.1) is 13.8 Å². The van der Waals surface area contributed by atoms with Crippen LogP contribution in [0.25, 0.3) is 0 Å². The van der Waals surface area contributed by atoms with Gasteiger partial charge in [0.25, 0.3) is 0 Å². The van der Waals surface area contributed by atoms with Crippen LogP contribution in [0.3, 0.4) is 0 Å². The van der Waals surface area contributed by atoms with Crippen molar-refractivity contribution in [2.24, 2.45) is 0 Å². The van der Waals surface area contributed by atoms with Crippen molar-refractivity contribution in [1.29, 1.82) is 0 Å². The third kappa shape index (κ3) is 2.18. The van der Waals surface area contributed by atoms with E-state index in [9.17, 15) is 13.2 Å². The Labute approximate surface area is 101 Å². The molecule has 0 aliphatic heterocycles.